The van der Waals surface area contributed by atoms with Gasteiger partial charge in [0.25, 0.3) is 0 Å². The molecule has 4 heteroatoms. The van der Waals surface area contributed by atoms with E-state index < -0.39 is 0 Å². The van der Waals surface area contributed by atoms with Crippen LogP contribution in [0.5, 0.6) is 0 Å². The first-order valence-electron chi connectivity index (χ1n) is 8.96. The number of rotatable bonds is 6. The second kappa shape index (κ2) is 8.65. The molecular weight excluding hydrogens is 324 g/mol. The fourth-order valence-corrected chi connectivity index (χ4v) is 3.09. The zero-order valence-corrected chi connectivity index (χ0v) is 16.2. The van der Waals surface area contributed by atoms with Gasteiger partial charge in [-0.2, -0.15) is 0 Å². The fraction of sp³-hybridized carbons (Fsp3) is 0.364. The predicted octanol–water partition coefficient (Wildman–Crippen LogP) is 4.06. The second-order valence-electron chi connectivity index (χ2n) is 7.02. The van der Waals surface area contributed by atoms with Gasteiger partial charge >= 0.3 is 0 Å². The molecule has 2 amide bonds. The van der Waals surface area contributed by atoms with Crippen molar-refractivity contribution in [2.45, 2.75) is 53.1 Å². The van der Waals surface area contributed by atoms with Gasteiger partial charge in [0.2, 0.25) is 11.8 Å². The van der Waals surface area contributed by atoms with Crippen molar-refractivity contribution in [3.8, 4) is 0 Å². The standard InChI is InChI=1S/C22H28N2O2/c1-14-7-10-19(11-8-14)21(24-18(5)25)13-22(26)23-17(4)20-12-15(2)6-9-16(20)3/h6-12,17,21H,13H2,1-5H3,(H,23,26)(H,24,25). The van der Waals surface area contributed by atoms with Crippen LogP contribution >= 0.6 is 0 Å². The van der Waals surface area contributed by atoms with E-state index in [-0.39, 0.29) is 30.3 Å². The van der Waals surface area contributed by atoms with E-state index in [2.05, 4.69) is 28.8 Å². The summed E-state index contributed by atoms with van der Waals surface area (Å²) in [6, 6.07) is 13.7. The molecule has 0 fully saturated rings. The molecule has 0 aliphatic carbocycles. The molecule has 0 spiro atoms. The van der Waals surface area contributed by atoms with Crippen molar-refractivity contribution < 1.29 is 9.59 Å². The van der Waals surface area contributed by atoms with Gasteiger partial charge in [0.1, 0.15) is 0 Å². The number of hydrogen-bond donors (Lipinski definition) is 2. The van der Waals surface area contributed by atoms with Gasteiger partial charge < -0.3 is 10.6 Å². The van der Waals surface area contributed by atoms with Crippen LogP contribution in [0.25, 0.3) is 0 Å². The van der Waals surface area contributed by atoms with E-state index in [1.807, 2.05) is 52.0 Å². The van der Waals surface area contributed by atoms with E-state index >= 15 is 0 Å². The first-order chi connectivity index (χ1) is 12.3. The van der Waals surface area contributed by atoms with Crippen molar-refractivity contribution in [1.29, 1.82) is 0 Å². The highest BCUT2D eigenvalue weighted by molar-refractivity contribution is 5.79. The van der Waals surface area contributed by atoms with Crippen molar-refractivity contribution >= 4 is 11.8 Å². The summed E-state index contributed by atoms with van der Waals surface area (Å²) in [6.07, 6.45) is 0.206. The van der Waals surface area contributed by atoms with Gasteiger partial charge in [-0.3, -0.25) is 9.59 Å². The topological polar surface area (TPSA) is 58.2 Å². The normalized spacial score (nSPS) is 13.0. The van der Waals surface area contributed by atoms with Crippen LogP contribution in [-0.2, 0) is 9.59 Å². The lowest BCUT2D eigenvalue weighted by atomic mass is 9.99. The number of aryl methyl sites for hydroxylation is 3. The molecule has 0 heterocycles. The zero-order valence-electron chi connectivity index (χ0n) is 16.2. The van der Waals surface area contributed by atoms with Crippen molar-refractivity contribution in [3.05, 3.63) is 70.3 Å². The molecule has 26 heavy (non-hydrogen) atoms. The molecule has 0 saturated heterocycles. The summed E-state index contributed by atoms with van der Waals surface area (Å²) in [5, 5.41) is 5.94. The molecule has 2 aromatic rings. The maximum Gasteiger partial charge on any atom is 0.222 e. The molecule has 0 radical (unpaired) electrons. The molecule has 2 N–H and O–H groups in total. The SMILES string of the molecule is CC(=O)NC(CC(=O)NC(C)c1cc(C)ccc1C)c1ccc(C)cc1. The molecule has 138 valence electrons. The Labute approximate surface area is 156 Å². The number of carbonyl (C=O) groups excluding carboxylic acids is 2. The number of benzene rings is 2. The second-order valence-corrected chi connectivity index (χ2v) is 7.02. The average molecular weight is 352 g/mol. The fourth-order valence-electron chi connectivity index (χ4n) is 3.09. The molecule has 2 unspecified atom stereocenters. The van der Waals surface area contributed by atoms with Gasteiger partial charge in [0, 0.05) is 6.92 Å². The average Bonchev–Trinajstić information content (AvgIpc) is 2.56. The maximum absolute atomic E-state index is 12.6. The van der Waals surface area contributed by atoms with E-state index in [1.54, 1.807) is 0 Å². The van der Waals surface area contributed by atoms with Crippen LogP contribution in [0.4, 0.5) is 0 Å². The maximum atomic E-state index is 12.6. The zero-order chi connectivity index (χ0) is 19.3. The largest absolute Gasteiger partial charge is 0.349 e. The summed E-state index contributed by atoms with van der Waals surface area (Å²) in [4.78, 5) is 24.2. The third-order valence-electron chi connectivity index (χ3n) is 4.53. The lowest BCUT2D eigenvalue weighted by Gasteiger charge is -2.21. The summed E-state index contributed by atoms with van der Waals surface area (Å²) < 4.78 is 0. The van der Waals surface area contributed by atoms with Crippen LogP contribution in [0, 0.1) is 20.8 Å². The van der Waals surface area contributed by atoms with E-state index in [0.717, 1.165) is 22.3 Å². The minimum Gasteiger partial charge on any atom is -0.349 e. The molecule has 2 atom stereocenters. The van der Waals surface area contributed by atoms with Crippen LogP contribution in [0.3, 0.4) is 0 Å². The Kier molecular flexibility index (Phi) is 6.56. The minimum atomic E-state index is -0.334. The lowest BCUT2D eigenvalue weighted by molar-refractivity contribution is -0.123. The van der Waals surface area contributed by atoms with Crippen LogP contribution < -0.4 is 10.6 Å². The van der Waals surface area contributed by atoms with Crippen LogP contribution in [0.15, 0.2) is 42.5 Å². The quantitative estimate of drug-likeness (QED) is 0.824. The van der Waals surface area contributed by atoms with Gasteiger partial charge in [-0.15, -0.1) is 0 Å². The molecule has 2 rings (SSSR count). The smallest absolute Gasteiger partial charge is 0.222 e. The molecule has 0 saturated carbocycles. The third kappa shape index (κ3) is 5.45. The van der Waals surface area contributed by atoms with Gasteiger partial charge in [0.05, 0.1) is 18.5 Å². The van der Waals surface area contributed by atoms with Crippen molar-refractivity contribution in [1.82, 2.24) is 10.6 Å². The number of carbonyl (C=O) groups is 2. The molecule has 0 aliphatic heterocycles. The first-order valence-corrected chi connectivity index (χ1v) is 8.96. The van der Waals surface area contributed by atoms with E-state index in [9.17, 15) is 9.59 Å². The monoisotopic (exact) mass is 352 g/mol. The first kappa shape index (κ1) is 19.7. The molecule has 4 nitrogen and oxygen atoms in total. The van der Waals surface area contributed by atoms with Gasteiger partial charge in [-0.25, -0.2) is 0 Å². The van der Waals surface area contributed by atoms with Crippen LogP contribution in [-0.4, -0.2) is 11.8 Å². The van der Waals surface area contributed by atoms with E-state index in [4.69, 9.17) is 0 Å². The summed E-state index contributed by atoms with van der Waals surface area (Å²) in [7, 11) is 0. The Morgan fingerprint density at radius 1 is 0.923 bits per heavy atom. The minimum absolute atomic E-state index is 0.0848. The summed E-state index contributed by atoms with van der Waals surface area (Å²) >= 11 is 0. The van der Waals surface area contributed by atoms with Gasteiger partial charge in [-0.1, -0.05) is 53.6 Å². The highest BCUT2D eigenvalue weighted by Crippen LogP contribution is 2.21. The highest BCUT2D eigenvalue weighted by atomic mass is 16.2. The molecule has 2 aromatic carbocycles. The van der Waals surface area contributed by atoms with Crippen LogP contribution in [0.1, 0.15) is 60.2 Å². The van der Waals surface area contributed by atoms with Crippen LogP contribution in [0.2, 0.25) is 0 Å². The third-order valence-corrected chi connectivity index (χ3v) is 4.53. The van der Waals surface area contributed by atoms with Crippen molar-refractivity contribution in [2.24, 2.45) is 0 Å². The van der Waals surface area contributed by atoms with Gasteiger partial charge in [0.15, 0.2) is 0 Å². The number of hydrogen-bond acceptors (Lipinski definition) is 2. The van der Waals surface area contributed by atoms with E-state index in [0.29, 0.717) is 0 Å². The Hall–Kier alpha value is -2.62. The Balaban J connectivity index is 2.10. The number of amides is 2. The summed E-state index contributed by atoms with van der Waals surface area (Å²) in [5.74, 6) is -0.233. The molecule has 0 bridgehead atoms. The van der Waals surface area contributed by atoms with Crippen molar-refractivity contribution in [3.63, 3.8) is 0 Å². The lowest BCUT2D eigenvalue weighted by Crippen LogP contribution is -2.34. The predicted molar refractivity (Wildman–Crippen MR) is 105 cm³/mol. The molecular formula is C22H28N2O2. The summed E-state index contributed by atoms with van der Waals surface area (Å²) in [6.45, 7) is 9.55. The number of nitrogens with one attached hydrogen (secondary N) is 2. The molecule has 0 aromatic heterocycles. The van der Waals surface area contributed by atoms with Gasteiger partial charge in [-0.05, 0) is 44.4 Å². The van der Waals surface area contributed by atoms with E-state index in [1.165, 1.54) is 12.5 Å². The Bertz CT molecular complexity index is 781. The highest BCUT2D eigenvalue weighted by Gasteiger charge is 2.19. The summed E-state index contributed by atoms with van der Waals surface area (Å²) in [5.41, 5.74) is 5.51. The Morgan fingerprint density at radius 2 is 1.54 bits per heavy atom. The van der Waals surface area contributed by atoms with Crippen molar-refractivity contribution in [2.75, 3.05) is 0 Å². The molecule has 0 aliphatic rings. The Morgan fingerprint density at radius 3 is 2.15 bits per heavy atom.